The normalized spacial score (nSPS) is 25.6. The quantitative estimate of drug-likeness (QED) is 0.908. The fourth-order valence-corrected chi connectivity index (χ4v) is 4.94. The Hall–Kier alpha value is -0.460. The highest BCUT2D eigenvalue weighted by Gasteiger charge is 2.28. The molecular weight excluding hydrogens is 258 g/mol. The fourth-order valence-electron chi connectivity index (χ4n) is 2.02. The minimum Gasteiger partial charge on any atom is -0.396 e. The number of hydrogen-bond donors (Lipinski definition) is 1. The lowest BCUT2D eigenvalue weighted by Gasteiger charge is -2.19. The van der Waals surface area contributed by atoms with Gasteiger partial charge in [-0.1, -0.05) is 6.92 Å². The molecule has 2 rings (SSSR count). The maximum Gasteiger partial charge on any atom is 0.151 e. The van der Waals surface area contributed by atoms with Gasteiger partial charge in [0.1, 0.15) is 0 Å². The van der Waals surface area contributed by atoms with E-state index < -0.39 is 9.84 Å². The van der Waals surface area contributed by atoms with Gasteiger partial charge < -0.3 is 5.11 Å². The van der Waals surface area contributed by atoms with Gasteiger partial charge in [-0.3, -0.25) is 0 Å². The second kappa shape index (κ2) is 5.04. The third-order valence-corrected chi connectivity index (χ3v) is 6.33. The summed E-state index contributed by atoms with van der Waals surface area (Å²) in [6.07, 6.45) is 3.40. The van der Waals surface area contributed by atoms with Gasteiger partial charge in [-0.25, -0.2) is 13.4 Å². The Morgan fingerprint density at radius 2 is 2.41 bits per heavy atom. The molecule has 0 amide bonds. The molecule has 2 unspecified atom stereocenters. The zero-order chi connectivity index (χ0) is 12.5. The van der Waals surface area contributed by atoms with E-state index in [1.54, 1.807) is 6.20 Å². The van der Waals surface area contributed by atoms with Crippen LogP contribution in [0.1, 0.15) is 41.5 Å². The van der Waals surface area contributed by atoms with Crippen LogP contribution in [0.4, 0.5) is 0 Å². The van der Waals surface area contributed by atoms with Gasteiger partial charge in [0, 0.05) is 22.9 Å². The van der Waals surface area contributed by atoms with Crippen LogP contribution in [-0.4, -0.2) is 36.6 Å². The molecule has 0 radical (unpaired) electrons. The third-order valence-electron chi connectivity index (χ3n) is 3.11. The molecule has 0 saturated carbocycles. The largest absolute Gasteiger partial charge is 0.396 e. The highest BCUT2D eigenvalue weighted by Crippen LogP contribution is 2.33. The summed E-state index contributed by atoms with van der Waals surface area (Å²) in [6, 6.07) is 0. The topological polar surface area (TPSA) is 67.3 Å². The molecule has 17 heavy (non-hydrogen) atoms. The summed E-state index contributed by atoms with van der Waals surface area (Å²) in [5.41, 5.74) is 0. The summed E-state index contributed by atoms with van der Waals surface area (Å²) in [4.78, 5) is 5.35. The molecule has 6 heteroatoms. The van der Waals surface area contributed by atoms with E-state index in [4.69, 9.17) is 5.11 Å². The maximum absolute atomic E-state index is 11.6. The average Bonchev–Trinajstić information content (AvgIpc) is 2.76. The van der Waals surface area contributed by atoms with E-state index in [1.165, 1.54) is 11.3 Å². The highest BCUT2D eigenvalue weighted by molar-refractivity contribution is 7.91. The summed E-state index contributed by atoms with van der Waals surface area (Å²) < 4.78 is 23.1. The molecular formula is C11H17NO3S2. The summed E-state index contributed by atoms with van der Waals surface area (Å²) in [5.74, 6) is 0.683. The van der Waals surface area contributed by atoms with Crippen molar-refractivity contribution in [2.75, 3.05) is 18.1 Å². The maximum atomic E-state index is 11.6. The zero-order valence-corrected chi connectivity index (χ0v) is 11.4. The van der Waals surface area contributed by atoms with E-state index in [1.807, 2.05) is 6.92 Å². The lowest BCUT2D eigenvalue weighted by molar-refractivity contribution is 0.274. The van der Waals surface area contributed by atoms with Crippen molar-refractivity contribution in [2.24, 2.45) is 0 Å². The number of aliphatic hydroxyl groups excluding tert-OH is 1. The Labute approximate surface area is 106 Å². The summed E-state index contributed by atoms with van der Waals surface area (Å²) in [5, 5.41) is 9.98. The number of rotatable bonds is 3. The van der Waals surface area contributed by atoms with Gasteiger partial charge in [-0.15, -0.1) is 11.3 Å². The summed E-state index contributed by atoms with van der Waals surface area (Å²) >= 11 is 1.54. The molecule has 0 bridgehead atoms. The molecule has 0 aliphatic carbocycles. The van der Waals surface area contributed by atoms with Crippen molar-refractivity contribution in [3.8, 4) is 0 Å². The van der Waals surface area contributed by atoms with E-state index in [9.17, 15) is 8.42 Å². The molecule has 0 aromatic carbocycles. The Bertz CT molecular complexity index is 481. The van der Waals surface area contributed by atoms with Gasteiger partial charge in [0.05, 0.1) is 23.1 Å². The molecule has 1 aliphatic heterocycles. The van der Waals surface area contributed by atoms with Gasteiger partial charge in [-0.05, 0) is 12.8 Å². The van der Waals surface area contributed by atoms with Crippen LogP contribution in [0, 0.1) is 0 Å². The van der Waals surface area contributed by atoms with Gasteiger partial charge in [0.25, 0.3) is 0 Å². The van der Waals surface area contributed by atoms with Crippen LogP contribution in [0.5, 0.6) is 0 Å². The lowest BCUT2D eigenvalue weighted by Crippen LogP contribution is -2.23. The van der Waals surface area contributed by atoms with E-state index in [0.29, 0.717) is 5.75 Å². The fraction of sp³-hybridized carbons (Fsp3) is 0.727. The second-order valence-corrected chi connectivity index (χ2v) is 7.96. The molecule has 1 N–H and O–H groups in total. The number of nitrogens with zero attached hydrogens (tertiary/aromatic N) is 1. The van der Waals surface area contributed by atoms with Crippen LogP contribution in [0.15, 0.2) is 6.20 Å². The number of aromatic nitrogens is 1. The van der Waals surface area contributed by atoms with Gasteiger partial charge in [-0.2, -0.15) is 0 Å². The smallest absolute Gasteiger partial charge is 0.151 e. The number of sulfone groups is 1. The Morgan fingerprint density at radius 3 is 3.06 bits per heavy atom. The summed E-state index contributed by atoms with van der Waals surface area (Å²) in [6.45, 7) is 2.04. The molecule has 1 aromatic heterocycles. The van der Waals surface area contributed by atoms with Crippen LogP contribution >= 0.6 is 11.3 Å². The van der Waals surface area contributed by atoms with E-state index in [2.05, 4.69) is 4.98 Å². The number of aliphatic hydroxyl groups is 1. The Balaban J connectivity index is 2.15. The molecule has 1 saturated heterocycles. The average molecular weight is 275 g/mol. The van der Waals surface area contributed by atoms with Crippen molar-refractivity contribution in [2.45, 2.75) is 31.6 Å². The first-order chi connectivity index (χ1) is 8.02. The van der Waals surface area contributed by atoms with Crippen molar-refractivity contribution in [1.82, 2.24) is 4.98 Å². The number of hydrogen-bond acceptors (Lipinski definition) is 5. The first-order valence-corrected chi connectivity index (χ1v) is 8.42. The standard InChI is InChI=1S/C11H17NO3S2/c1-8(6-13)10-5-12-11(16-10)9-3-2-4-17(14,15)7-9/h5,8-9,13H,2-4,6-7H2,1H3. The lowest BCUT2D eigenvalue weighted by atomic mass is 10.1. The first kappa shape index (κ1) is 13.0. The van der Waals surface area contributed by atoms with Crippen LogP contribution in [0.25, 0.3) is 0 Å². The van der Waals surface area contributed by atoms with E-state index >= 15 is 0 Å². The molecule has 1 fully saturated rings. The number of thiazole rings is 1. The Morgan fingerprint density at radius 1 is 1.65 bits per heavy atom. The zero-order valence-electron chi connectivity index (χ0n) is 9.80. The molecule has 1 aliphatic rings. The molecule has 0 spiro atoms. The molecule has 1 aromatic rings. The minimum absolute atomic E-state index is 0.0541. The molecule has 4 nitrogen and oxygen atoms in total. The van der Waals surface area contributed by atoms with Crippen molar-refractivity contribution >= 4 is 21.2 Å². The van der Waals surface area contributed by atoms with E-state index in [0.717, 1.165) is 22.7 Å². The first-order valence-electron chi connectivity index (χ1n) is 5.79. The van der Waals surface area contributed by atoms with E-state index in [-0.39, 0.29) is 24.2 Å². The van der Waals surface area contributed by atoms with Crippen LogP contribution in [-0.2, 0) is 9.84 Å². The van der Waals surface area contributed by atoms with Crippen LogP contribution < -0.4 is 0 Å². The highest BCUT2D eigenvalue weighted by atomic mass is 32.2. The minimum atomic E-state index is -2.88. The molecule has 2 atom stereocenters. The second-order valence-electron chi connectivity index (χ2n) is 4.64. The predicted molar refractivity (Wildman–Crippen MR) is 68.2 cm³/mol. The third kappa shape index (κ3) is 3.05. The van der Waals surface area contributed by atoms with Gasteiger partial charge in [0.15, 0.2) is 9.84 Å². The molecule has 96 valence electrons. The van der Waals surface area contributed by atoms with Crippen molar-refractivity contribution in [1.29, 1.82) is 0 Å². The van der Waals surface area contributed by atoms with Crippen molar-refractivity contribution in [3.05, 3.63) is 16.1 Å². The van der Waals surface area contributed by atoms with Gasteiger partial charge >= 0.3 is 0 Å². The van der Waals surface area contributed by atoms with Crippen molar-refractivity contribution in [3.63, 3.8) is 0 Å². The molecule has 2 heterocycles. The monoisotopic (exact) mass is 275 g/mol. The van der Waals surface area contributed by atoms with Crippen molar-refractivity contribution < 1.29 is 13.5 Å². The van der Waals surface area contributed by atoms with Crippen LogP contribution in [0.3, 0.4) is 0 Å². The SMILES string of the molecule is CC(CO)c1cnc(C2CCCS(=O)(=O)C2)s1. The summed E-state index contributed by atoms with van der Waals surface area (Å²) in [7, 11) is -2.88. The predicted octanol–water partition coefficient (Wildman–Crippen LogP) is 1.53. The Kier molecular flexibility index (Phi) is 3.85. The van der Waals surface area contributed by atoms with Gasteiger partial charge in [0.2, 0.25) is 0 Å². The van der Waals surface area contributed by atoms with Crippen LogP contribution in [0.2, 0.25) is 0 Å².